The highest BCUT2D eigenvalue weighted by molar-refractivity contribution is 5.81. The van der Waals surface area contributed by atoms with Crippen LogP contribution in [0.4, 0.5) is 9.18 Å². The second kappa shape index (κ2) is 6.58. The normalized spacial score (nSPS) is 23.5. The maximum atomic E-state index is 13.5. The van der Waals surface area contributed by atoms with Gasteiger partial charge in [-0.2, -0.15) is 0 Å². The van der Waals surface area contributed by atoms with Gasteiger partial charge in [0.05, 0.1) is 0 Å². The van der Waals surface area contributed by atoms with Crippen molar-refractivity contribution in [1.82, 2.24) is 19.3 Å². The lowest BCUT2D eigenvalue weighted by Gasteiger charge is -2.36. The number of rotatable bonds is 2. The number of piperidine rings is 1. The number of amides is 2. The number of carbonyl (C=O) groups is 1. The zero-order chi connectivity index (χ0) is 18.4. The highest BCUT2D eigenvalue weighted by Crippen LogP contribution is 2.30. The SMILES string of the molecule is CN(C)C(=O)N1C[C@@H]2CC[C@H](C1)N(Cc1cc3cc(F)ccc3n1C)C2. The summed E-state index contributed by atoms with van der Waals surface area (Å²) in [5.41, 5.74) is 2.26. The molecule has 5 nitrogen and oxygen atoms in total. The Morgan fingerprint density at radius 1 is 1.19 bits per heavy atom. The van der Waals surface area contributed by atoms with Gasteiger partial charge in [0.2, 0.25) is 0 Å². The molecule has 3 aliphatic rings. The van der Waals surface area contributed by atoms with Gasteiger partial charge in [-0.1, -0.05) is 0 Å². The van der Waals surface area contributed by atoms with Crippen LogP contribution in [0.1, 0.15) is 18.5 Å². The largest absolute Gasteiger partial charge is 0.346 e. The van der Waals surface area contributed by atoms with Crippen molar-refractivity contribution in [2.45, 2.75) is 25.4 Å². The average Bonchev–Trinajstić information content (AvgIpc) is 2.77. The number of aromatic nitrogens is 1. The molecule has 0 aliphatic carbocycles. The lowest BCUT2D eigenvalue weighted by molar-refractivity contribution is 0.120. The van der Waals surface area contributed by atoms with Crippen molar-refractivity contribution in [3.8, 4) is 0 Å². The van der Waals surface area contributed by atoms with Crippen LogP contribution < -0.4 is 0 Å². The Labute approximate surface area is 154 Å². The van der Waals surface area contributed by atoms with Crippen LogP contribution in [0.15, 0.2) is 24.3 Å². The third kappa shape index (κ3) is 3.07. The Hall–Kier alpha value is -2.08. The predicted octanol–water partition coefficient (Wildman–Crippen LogP) is 2.90. The summed E-state index contributed by atoms with van der Waals surface area (Å²) in [4.78, 5) is 18.6. The van der Waals surface area contributed by atoms with Gasteiger partial charge in [0.25, 0.3) is 0 Å². The molecule has 0 saturated carbocycles. The number of aryl methyl sites for hydroxylation is 1. The minimum Gasteiger partial charge on any atom is -0.346 e. The summed E-state index contributed by atoms with van der Waals surface area (Å²) in [7, 11) is 5.69. The summed E-state index contributed by atoms with van der Waals surface area (Å²) in [5, 5.41) is 0.951. The van der Waals surface area contributed by atoms with E-state index < -0.39 is 0 Å². The zero-order valence-corrected chi connectivity index (χ0v) is 15.8. The van der Waals surface area contributed by atoms with Gasteiger partial charge in [0.15, 0.2) is 0 Å². The van der Waals surface area contributed by atoms with Gasteiger partial charge in [-0.25, -0.2) is 9.18 Å². The van der Waals surface area contributed by atoms with E-state index in [9.17, 15) is 9.18 Å². The number of nitrogens with zero attached hydrogens (tertiary/aromatic N) is 4. The van der Waals surface area contributed by atoms with E-state index in [0.29, 0.717) is 12.0 Å². The lowest BCUT2D eigenvalue weighted by Crippen LogP contribution is -2.45. The smallest absolute Gasteiger partial charge is 0.319 e. The van der Waals surface area contributed by atoms with E-state index in [1.54, 1.807) is 11.0 Å². The van der Waals surface area contributed by atoms with Crippen molar-refractivity contribution < 1.29 is 9.18 Å². The van der Waals surface area contributed by atoms with Crippen molar-refractivity contribution in [1.29, 1.82) is 0 Å². The molecular formula is C20H27FN4O. The van der Waals surface area contributed by atoms with Crippen LogP contribution in [0.5, 0.6) is 0 Å². The van der Waals surface area contributed by atoms with Gasteiger partial charge < -0.3 is 14.4 Å². The Bertz CT molecular complexity index is 831. The third-order valence-corrected chi connectivity index (χ3v) is 5.95. The van der Waals surface area contributed by atoms with Crippen molar-refractivity contribution >= 4 is 16.9 Å². The molecule has 1 aromatic carbocycles. The zero-order valence-electron chi connectivity index (χ0n) is 15.8. The summed E-state index contributed by atoms with van der Waals surface area (Å²) in [6.07, 6.45) is 2.33. The van der Waals surface area contributed by atoms with Crippen LogP contribution in [0, 0.1) is 11.7 Å². The van der Waals surface area contributed by atoms with E-state index in [4.69, 9.17) is 0 Å². The second-order valence-corrected chi connectivity index (χ2v) is 8.01. The van der Waals surface area contributed by atoms with Crippen LogP contribution in [-0.2, 0) is 13.6 Å². The molecule has 2 amide bonds. The number of benzene rings is 1. The number of urea groups is 1. The predicted molar refractivity (Wildman–Crippen MR) is 100 cm³/mol. The Morgan fingerprint density at radius 2 is 2.00 bits per heavy atom. The lowest BCUT2D eigenvalue weighted by atomic mass is 9.95. The molecule has 0 N–H and O–H groups in total. The van der Waals surface area contributed by atoms with Gasteiger partial charge in [0.1, 0.15) is 5.82 Å². The molecule has 6 heteroatoms. The Kier molecular flexibility index (Phi) is 4.39. The number of carbonyl (C=O) groups excluding carboxylic acids is 1. The Balaban J connectivity index is 1.56. The molecule has 2 atom stereocenters. The first-order valence-electron chi connectivity index (χ1n) is 9.36. The van der Waals surface area contributed by atoms with E-state index in [1.165, 1.54) is 18.2 Å². The molecule has 2 bridgehead atoms. The highest BCUT2D eigenvalue weighted by atomic mass is 19.1. The Morgan fingerprint density at radius 3 is 2.77 bits per heavy atom. The molecule has 26 heavy (non-hydrogen) atoms. The fraction of sp³-hybridized carbons (Fsp3) is 0.550. The van der Waals surface area contributed by atoms with Crippen molar-refractivity contribution in [2.24, 2.45) is 13.0 Å². The minimum absolute atomic E-state index is 0.115. The van der Waals surface area contributed by atoms with E-state index >= 15 is 0 Å². The maximum Gasteiger partial charge on any atom is 0.319 e. The standard InChI is InChI=1S/C20H27FN4O/c1-22(2)20(26)25-11-14-4-6-17(12-25)24(10-14)13-18-9-15-8-16(21)5-7-19(15)23(18)3/h5,7-9,14,17H,4,6,10-13H2,1-3H3/t14-,17-/m1/s1. The van der Waals surface area contributed by atoms with Gasteiger partial charge in [-0.05, 0) is 43.0 Å². The molecule has 0 unspecified atom stereocenters. The molecule has 3 fully saturated rings. The van der Waals surface area contributed by atoms with Crippen molar-refractivity contribution in [3.05, 3.63) is 35.8 Å². The van der Waals surface area contributed by atoms with Crippen LogP contribution >= 0.6 is 0 Å². The molecule has 140 valence electrons. The van der Waals surface area contributed by atoms with E-state index in [1.807, 2.05) is 32.1 Å². The van der Waals surface area contributed by atoms with Gasteiger partial charge >= 0.3 is 6.03 Å². The number of halogens is 1. The van der Waals surface area contributed by atoms with Gasteiger partial charge in [-0.3, -0.25) is 4.90 Å². The van der Waals surface area contributed by atoms with Gasteiger partial charge in [-0.15, -0.1) is 0 Å². The summed E-state index contributed by atoms with van der Waals surface area (Å²) in [6.45, 7) is 3.52. The van der Waals surface area contributed by atoms with E-state index in [0.717, 1.165) is 43.5 Å². The topological polar surface area (TPSA) is 31.7 Å². The highest BCUT2D eigenvalue weighted by Gasteiger charge is 2.37. The maximum absolute atomic E-state index is 13.5. The summed E-state index contributed by atoms with van der Waals surface area (Å²) < 4.78 is 15.7. The number of hydrogen-bond acceptors (Lipinski definition) is 2. The van der Waals surface area contributed by atoms with Crippen LogP contribution in [-0.4, -0.2) is 65.1 Å². The van der Waals surface area contributed by atoms with E-state index in [2.05, 4.69) is 15.5 Å². The molecule has 3 saturated heterocycles. The number of hydrogen-bond donors (Lipinski definition) is 0. The molecular weight excluding hydrogens is 331 g/mol. The molecule has 2 aromatic rings. The fourth-order valence-corrected chi connectivity index (χ4v) is 4.55. The fourth-order valence-electron chi connectivity index (χ4n) is 4.55. The third-order valence-electron chi connectivity index (χ3n) is 5.95. The second-order valence-electron chi connectivity index (χ2n) is 8.01. The van der Waals surface area contributed by atoms with Crippen molar-refractivity contribution in [3.63, 3.8) is 0 Å². The summed E-state index contributed by atoms with van der Waals surface area (Å²) in [5.74, 6) is 0.339. The average molecular weight is 358 g/mol. The minimum atomic E-state index is -0.193. The molecule has 1 aromatic heterocycles. The summed E-state index contributed by atoms with van der Waals surface area (Å²) in [6, 6.07) is 7.58. The molecule has 0 spiro atoms. The van der Waals surface area contributed by atoms with Crippen LogP contribution in [0.3, 0.4) is 0 Å². The quantitative estimate of drug-likeness (QED) is 0.827. The van der Waals surface area contributed by atoms with Crippen molar-refractivity contribution in [2.75, 3.05) is 33.7 Å². The first kappa shape index (κ1) is 17.3. The van der Waals surface area contributed by atoms with Crippen LogP contribution in [0.25, 0.3) is 10.9 Å². The molecule has 3 aliphatic heterocycles. The summed E-state index contributed by atoms with van der Waals surface area (Å²) >= 11 is 0. The molecule has 0 radical (unpaired) electrons. The van der Waals surface area contributed by atoms with Crippen LogP contribution in [0.2, 0.25) is 0 Å². The van der Waals surface area contributed by atoms with Gasteiger partial charge in [0, 0.05) is 70.0 Å². The first-order valence-corrected chi connectivity index (χ1v) is 9.36. The number of fused-ring (bicyclic) bond motifs is 5. The monoisotopic (exact) mass is 358 g/mol. The molecule has 4 heterocycles. The first-order chi connectivity index (χ1) is 12.4. The molecule has 5 rings (SSSR count). The van der Waals surface area contributed by atoms with E-state index in [-0.39, 0.29) is 11.8 Å².